The molecule has 0 fully saturated rings. The Morgan fingerprint density at radius 3 is 2.47 bits per heavy atom. The maximum absolute atomic E-state index is 12.8. The zero-order valence-corrected chi connectivity index (χ0v) is 8.24. The number of rotatable bonds is 3. The van der Waals surface area contributed by atoms with Gasteiger partial charge in [-0.3, -0.25) is 14.6 Å². The van der Waals surface area contributed by atoms with Gasteiger partial charge in [0.05, 0.1) is 5.56 Å². The molecule has 0 aliphatic carbocycles. The predicted molar refractivity (Wildman–Crippen MR) is 48.8 cm³/mol. The van der Waals surface area contributed by atoms with Crippen LogP contribution >= 0.6 is 0 Å². The molecular weight excluding hydrogens is 203 g/mol. The van der Waals surface area contributed by atoms with Crippen molar-refractivity contribution in [3.05, 3.63) is 29.6 Å². The Balaban J connectivity index is 2.95. The first-order chi connectivity index (χ1) is 7.00. The van der Waals surface area contributed by atoms with Gasteiger partial charge in [0.1, 0.15) is 5.82 Å². The fourth-order valence-electron chi connectivity index (χ4n) is 0.954. The number of carbonyl (C=O) groups is 2. The molecule has 0 heterocycles. The van der Waals surface area contributed by atoms with Crippen molar-refractivity contribution in [1.82, 2.24) is 0 Å². The van der Waals surface area contributed by atoms with Gasteiger partial charge in [-0.15, -0.1) is 0 Å². The number of hydrogen-bond acceptors (Lipinski definition) is 4. The van der Waals surface area contributed by atoms with E-state index in [0.717, 1.165) is 19.1 Å². The lowest BCUT2D eigenvalue weighted by molar-refractivity contribution is -0.211. The van der Waals surface area contributed by atoms with Crippen LogP contribution in [0.4, 0.5) is 4.39 Å². The molecule has 15 heavy (non-hydrogen) atoms. The highest BCUT2D eigenvalue weighted by Crippen LogP contribution is 2.20. The van der Waals surface area contributed by atoms with Gasteiger partial charge < -0.3 is 0 Å². The van der Waals surface area contributed by atoms with E-state index >= 15 is 0 Å². The third-order valence-electron chi connectivity index (χ3n) is 1.57. The summed E-state index contributed by atoms with van der Waals surface area (Å²) in [6.07, 6.45) is 0. The third kappa shape index (κ3) is 3.05. The number of benzene rings is 1. The Labute approximate surface area is 85.5 Å². The quantitative estimate of drug-likeness (QED) is 0.436. The molecule has 0 N–H and O–H groups in total. The van der Waals surface area contributed by atoms with Crippen LogP contribution in [0.3, 0.4) is 0 Å². The Hall–Kier alpha value is -1.91. The largest absolute Gasteiger partial charge is 0.352 e. The number of carbonyl (C=O) groups excluding carboxylic acids is 2. The topological polar surface area (TPSA) is 52.6 Å². The lowest BCUT2D eigenvalue weighted by Gasteiger charge is -2.06. The van der Waals surface area contributed by atoms with E-state index in [4.69, 9.17) is 0 Å². The molecule has 0 aromatic heterocycles. The normalized spacial score (nSPS) is 9.53. The van der Waals surface area contributed by atoms with Gasteiger partial charge in [-0.2, -0.15) is 0 Å². The molecule has 0 saturated carbocycles. The van der Waals surface area contributed by atoms with Crippen LogP contribution in [0.25, 0.3) is 0 Å². The van der Waals surface area contributed by atoms with E-state index in [1.165, 1.54) is 13.0 Å². The number of halogens is 1. The minimum Gasteiger partial charge on any atom is -0.294 e. The maximum Gasteiger partial charge on any atom is 0.352 e. The number of Topliss-reactive ketones (excluding diaryl/α,β-unsaturated/α-hetero) is 1. The minimum absolute atomic E-state index is 0.0131. The average Bonchev–Trinajstić information content (AvgIpc) is 2.15. The average molecular weight is 212 g/mol. The molecule has 0 bridgehead atoms. The van der Waals surface area contributed by atoms with Gasteiger partial charge >= 0.3 is 5.97 Å². The molecule has 0 unspecified atom stereocenters. The first kappa shape index (κ1) is 11.2. The van der Waals surface area contributed by atoms with E-state index in [1.54, 1.807) is 0 Å². The van der Waals surface area contributed by atoms with Crippen molar-refractivity contribution in [2.45, 2.75) is 13.8 Å². The summed E-state index contributed by atoms with van der Waals surface area (Å²) in [6, 6.07) is 3.33. The SMILES string of the molecule is CC(=O)OOc1ccc(F)cc1C(C)=O. The fourth-order valence-corrected chi connectivity index (χ4v) is 0.954. The Kier molecular flexibility index (Phi) is 3.38. The van der Waals surface area contributed by atoms with Gasteiger partial charge in [0.15, 0.2) is 11.5 Å². The van der Waals surface area contributed by atoms with Gasteiger partial charge in [0.2, 0.25) is 0 Å². The van der Waals surface area contributed by atoms with Gasteiger partial charge in [0, 0.05) is 6.92 Å². The van der Waals surface area contributed by atoms with Crippen LogP contribution in [0.5, 0.6) is 5.75 Å². The van der Waals surface area contributed by atoms with Crippen molar-refractivity contribution in [2.75, 3.05) is 0 Å². The Morgan fingerprint density at radius 2 is 1.93 bits per heavy atom. The minimum atomic E-state index is -0.658. The summed E-state index contributed by atoms with van der Waals surface area (Å²) in [4.78, 5) is 30.4. The zero-order chi connectivity index (χ0) is 11.4. The fraction of sp³-hybridized carbons (Fsp3) is 0.200. The van der Waals surface area contributed by atoms with E-state index in [9.17, 15) is 14.0 Å². The second kappa shape index (κ2) is 4.54. The Bertz CT molecular complexity index is 400. The van der Waals surface area contributed by atoms with Crippen molar-refractivity contribution < 1.29 is 23.8 Å². The second-order valence-electron chi connectivity index (χ2n) is 2.85. The summed E-state index contributed by atoms with van der Waals surface area (Å²) >= 11 is 0. The van der Waals surface area contributed by atoms with E-state index in [0.29, 0.717) is 0 Å². The molecular formula is C10H9FO4. The van der Waals surface area contributed by atoms with Crippen LogP contribution < -0.4 is 4.89 Å². The van der Waals surface area contributed by atoms with Gasteiger partial charge in [-0.1, -0.05) is 0 Å². The van der Waals surface area contributed by atoms with Crippen molar-refractivity contribution >= 4 is 11.8 Å². The van der Waals surface area contributed by atoms with Crippen LogP contribution in [-0.2, 0) is 9.68 Å². The molecule has 0 aliphatic rings. The predicted octanol–water partition coefficient (Wildman–Crippen LogP) is 1.89. The van der Waals surface area contributed by atoms with Crippen molar-refractivity contribution in [2.24, 2.45) is 0 Å². The smallest absolute Gasteiger partial charge is 0.294 e. The highest BCUT2D eigenvalue weighted by Gasteiger charge is 2.11. The van der Waals surface area contributed by atoms with Crippen molar-refractivity contribution in [1.29, 1.82) is 0 Å². The molecule has 4 nitrogen and oxygen atoms in total. The third-order valence-corrected chi connectivity index (χ3v) is 1.57. The Morgan fingerprint density at radius 1 is 1.27 bits per heavy atom. The molecule has 0 amide bonds. The summed E-state index contributed by atoms with van der Waals surface area (Å²) in [5, 5.41) is 0. The molecule has 1 rings (SSSR count). The summed E-state index contributed by atoms with van der Waals surface area (Å²) in [7, 11) is 0. The van der Waals surface area contributed by atoms with Crippen LogP contribution in [0.15, 0.2) is 18.2 Å². The second-order valence-corrected chi connectivity index (χ2v) is 2.85. The molecule has 0 atom stereocenters. The number of ketones is 1. The van der Waals surface area contributed by atoms with Crippen LogP contribution in [-0.4, -0.2) is 11.8 Å². The molecule has 1 aromatic carbocycles. The zero-order valence-electron chi connectivity index (χ0n) is 8.24. The molecule has 1 aromatic rings. The van der Waals surface area contributed by atoms with Crippen molar-refractivity contribution in [3.8, 4) is 5.75 Å². The standard InChI is InChI=1S/C10H9FO4/c1-6(12)9-5-8(11)3-4-10(9)15-14-7(2)13/h3-5H,1-2H3. The molecule has 5 heteroatoms. The molecule has 0 saturated heterocycles. The monoisotopic (exact) mass is 212 g/mol. The van der Waals surface area contributed by atoms with E-state index in [-0.39, 0.29) is 17.1 Å². The van der Waals surface area contributed by atoms with E-state index in [1.807, 2.05) is 0 Å². The molecule has 0 radical (unpaired) electrons. The lowest BCUT2D eigenvalue weighted by atomic mass is 10.1. The van der Waals surface area contributed by atoms with Crippen molar-refractivity contribution in [3.63, 3.8) is 0 Å². The maximum atomic E-state index is 12.8. The van der Waals surface area contributed by atoms with Gasteiger partial charge in [-0.05, 0) is 25.1 Å². The molecule has 0 spiro atoms. The summed E-state index contributed by atoms with van der Waals surface area (Å²) in [5.74, 6) is -1.58. The summed E-state index contributed by atoms with van der Waals surface area (Å²) in [5.41, 5.74) is 0.0243. The first-order valence-electron chi connectivity index (χ1n) is 4.16. The lowest BCUT2D eigenvalue weighted by Crippen LogP contribution is -2.06. The summed E-state index contributed by atoms with van der Waals surface area (Å²) in [6.45, 7) is 2.41. The van der Waals surface area contributed by atoms with Crippen LogP contribution in [0.1, 0.15) is 24.2 Å². The molecule has 0 aliphatic heterocycles. The first-order valence-corrected chi connectivity index (χ1v) is 4.16. The highest BCUT2D eigenvalue weighted by atomic mass is 19.1. The van der Waals surface area contributed by atoms with Gasteiger partial charge in [0.25, 0.3) is 0 Å². The van der Waals surface area contributed by atoms with Crippen LogP contribution in [0.2, 0.25) is 0 Å². The highest BCUT2D eigenvalue weighted by molar-refractivity contribution is 5.96. The molecule has 80 valence electrons. The van der Waals surface area contributed by atoms with E-state index < -0.39 is 11.8 Å². The number of hydrogen-bond donors (Lipinski definition) is 0. The van der Waals surface area contributed by atoms with E-state index in [2.05, 4.69) is 9.78 Å². The summed E-state index contributed by atoms with van der Waals surface area (Å²) < 4.78 is 12.8. The van der Waals surface area contributed by atoms with Gasteiger partial charge in [-0.25, -0.2) is 9.18 Å². The van der Waals surface area contributed by atoms with Crippen LogP contribution in [0, 0.1) is 5.82 Å².